The maximum absolute atomic E-state index is 9.57. The van der Waals surface area contributed by atoms with Crippen LogP contribution in [-0.4, -0.2) is 22.7 Å². The lowest BCUT2D eigenvalue weighted by Crippen LogP contribution is -2.44. The van der Waals surface area contributed by atoms with Gasteiger partial charge in [0.2, 0.25) is 0 Å². The van der Waals surface area contributed by atoms with Gasteiger partial charge < -0.3 is 0 Å². The summed E-state index contributed by atoms with van der Waals surface area (Å²) in [6.45, 7) is 6.59. The Kier molecular flexibility index (Phi) is 6.90. The smallest absolute Gasteiger partial charge is 0.101 e. The van der Waals surface area contributed by atoms with Crippen molar-refractivity contribution < 1.29 is 20.3 Å². The summed E-state index contributed by atoms with van der Waals surface area (Å²) in [5.74, 6) is 0.152. The van der Waals surface area contributed by atoms with Crippen molar-refractivity contribution in [1.29, 1.82) is 0 Å². The number of rotatable bonds is 7. The molecular weight excluding hydrogens is 292 g/mol. The summed E-state index contributed by atoms with van der Waals surface area (Å²) in [7, 11) is 0. The zero-order chi connectivity index (χ0) is 16.9. The summed E-state index contributed by atoms with van der Waals surface area (Å²) in [6, 6.07) is 0. The Labute approximate surface area is 141 Å². The van der Waals surface area contributed by atoms with E-state index in [4.69, 9.17) is 9.78 Å². The summed E-state index contributed by atoms with van der Waals surface area (Å²) in [4.78, 5) is 9.92. The molecule has 4 heteroatoms. The summed E-state index contributed by atoms with van der Waals surface area (Å²) in [6.07, 6.45) is 12.2. The van der Waals surface area contributed by atoms with Crippen LogP contribution in [0, 0.1) is 16.7 Å². The molecule has 2 rings (SSSR count). The van der Waals surface area contributed by atoms with Gasteiger partial charge in [-0.15, -0.1) is 0 Å². The van der Waals surface area contributed by atoms with Crippen LogP contribution in [0.5, 0.6) is 0 Å². The minimum absolute atomic E-state index is 0.0277. The summed E-state index contributed by atoms with van der Waals surface area (Å²) in [5, 5.41) is 19.1. The molecule has 0 aromatic carbocycles. The molecule has 4 nitrogen and oxygen atoms in total. The van der Waals surface area contributed by atoms with E-state index in [1.807, 2.05) is 0 Å². The molecule has 2 aliphatic rings. The highest BCUT2D eigenvalue weighted by atomic mass is 17.1. The van der Waals surface area contributed by atoms with Crippen molar-refractivity contribution in [3.8, 4) is 0 Å². The maximum Gasteiger partial charge on any atom is 0.101 e. The molecule has 2 saturated carbocycles. The van der Waals surface area contributed by atoms with E-state index >= 15 is 0 Å². The molecule has 2 aliphatic carbocycles. The van der Waals surface area contributed by atoms with Crippen molar-refractivity contribution in [2.75, 3.05) is 0 Å². The van der Waals surface area contributed by atoms with Crippen LogP contribution in [0.15, 0.2) is 0 Å². The van der Waals surface area contributed by atoms with E-state index in [0.717, 1.165) is 32.1 Å². The Balaban J connectivity index is 2.03. The number of hydrogen-bond acceptors (Lipinski definition) is 4. The van der Waals surface area contributed by atoms with Gasteiger partial charge in [0.1, 0.15) is 6.10 Å². The van der Waals surface area contributed by atoms with Gasteiger partial charge in [-0.2, -0.15) is 0 Å². The molecule has 0 aromatic rings. The van der Waals surface area contributed by atoms with Gasteiger partial charge in [0.15, 0.2) is 0 Å². The molecule has 0 amide bonds. The lowest BCUT2D eigenvalue weighted by Gasteiger charge is -2.44. The Morgan fingerprint density at radius 2 is 1.26 bits per heavy atom. The van der Waals surface area contributed by atoms with E-state index in [9.17, 15) is 10.5 Å². The van der Waals surface area contributed by atoms with Gasteiger partial charge in [-0.1, -0.05) is 59.3 Å². The molecular formula is C19H36O4. The first-order valence-electron chi connectivity index (χ1n) is 9.56. The lowest BCUT2D eigenvalue weighted by molar-refractivity contribution is -0.333. The molecule has 2 N–H and O–H groups in total. The normalized spacial score (nSPS) is 28.0. The molecule has 0 saturated heterocycles. The second kappa shape index (κ2) is 8.28. The Morgan fingerprint density at radius 1 is 0.783 bits per heavy atom. The van der Waals surface area contributed by atoms with Crippen molar-refractivity contribution >= 4 is 0 Å². The monoisotopic (exact) mass is 328 g/mol. The largest absolute Gasteiger partial charge is 0.252 e. The lowest BCUT2D eigenvalue weighted by atomic mass is 9.65. The Bertz CT molecular complexity index is 345. The third-order valence-electron chi connectivity index (χ3n) is 6.80. The Hall–Kier alpha value is -0.160. The van der Waals surface area contributed by atoms with Crippen LogP contribution in [-0.2, 0) is 9.78 Å². The van der Waals surface area contributed by atoms with Gasteiger partial charge in [0.25, 0.3) is 0 Å². The van der Waals surface area contributed by atoms with E-state index in [0.29, 0.717) is 0 Å². The van der Waals surface area contributed by atoms with Crippen LogP contribution in [0.25, 0.3) is 0 Å². The van der Waals surface area contributed by atoms with Gasteiger partial charge >= 0.3 is 0 Å². The van der Waals surface area contributed by atoms with Crippen LogP contribution in [0.2, 0.25) is 0 Å². The minimum atomic E-state index is -0.187. The van der Waals surface area contributed by atoms with E-state index < -0.39 is 0 Å². The third-order valence-corrected chi connectivity index (χ3v) is 6.80. The van der Waals surface area contributed by atoms with Crippen molar-refractivity contribution in [3.63, 3.8) is 0 Å². The van der Waals surface area contributed by atoms with Gasteiger partial charge in [-0.3, -0.25) is 10.5 Å². The highest BCUT2D eigenvalue weighted by Gasteiger charge is 2.43. The summed E-state index contributed by atoms with van der Waals surface area (Å²) < 4.78 is 0. The van der Waals surface area contributed by atoms with Crippen molar-refractivity contribution in [2.24, 2.45) is 16.7 Å². The van der Waals surface area contributed by atoms with Crippen LogP contribution in [0.3, 0.4) is 0 Å². The molecule has 0 bridgehead atoms. The van der Waals surface area contributed by atoms with Crippen LogP contribution < -0.4 is 0 Å². The highest BCUT2D eigenvalue weighted by Crippen LogP contribution is 2.46. The van der Waals surface area contributed by atoms with Gasteiger partial charge in [-0.25, -0.2) is 9.78 Å². The third kappa shape index (κ3) is 4.47. The maximum atomic E-state index is 9.57. The molecule has 3 unspecified atom stereocenters. The summed E-state index contributed by atoms with van der Waals surface area (Å²) >= 11 is 0. The molecule has 0 heterocycles. The van der Waals surface area contributed by atoms with Crippen molar-refractivity contribution in [2.45, 2.75) is 104 Å². The zero-order valence-electron chi connectivity index (χ0n) is 15.2. The van der Waals surface area contributed by atoms with Gasteiger partial charge in [-0.05, 0) is 48.9 Å². The fourth-order valence-corrected chi connectivity index (χ4v) is 5.16. The quantitative estimate of drug-likeness (QED) is 0.467. The molecule has 23 heavy (non-hydrogen) atoms. The first-order chi connectivity index (χ1) is 10.9. The van der Waals surface area contributed by atoms with Gasteiger partial charge in [0, 0.05) is 0 Å². The minimum Gasteiger partial charge on any atom is -0.252 e. The van der Waals surface area contributed by atoms with Crippen molar-refractivity contribution in [3.05, 3.63) is 0 Å². The first kappa shape index (κ1) is 19.2. The second-order valence-electron chi connectivity index (χ2n) is 8.76. The van der Waals surface area contributed by atoms with Crippen LogP contribution >= 0.6 is 0 Å². The molecule has 0 aromatic heterocycles. The second-order valence-corrected chi connectivity index (χ2v) is 8.76. The standard InChI is InChI=1S/C19H36O4/c1-15(17(23-21)19(3)12-8-5-9-13-19)14-16(22-20)18(2)10-6-4-7-11-18/h15-17,20-21H,4-14H2,1-3H3. The van der Waals surface area contributed by atoms with Gasteiger partial charge in [0.05, 0.1) is 6.10 Å². The topological polar surface area (TPSA) is 58.9 Å². The molecule has 0 aliphatic heterocycles. The number of hydrogen-bond donors (Lipinski definition) is 2. The van der Waals surface area contributed by atoms with Crippen LogP contribution in [0.1, 0.15) is 91.4 Å². The van der Waals surface area contributed by atoms with Crippen LogP contribution in [0.4, 0.5) is 0 Å². The average Bonchev–Trinajstić information content (AvgIpc) is 2.54. The SMILES string of the molecule is CC(CC(OO)C1(C)CCCCC1)C(OO)C1(C)CCCCC1. The average molecular weight is 328 g/mol. The first-order valence-corrected chi connectivity index (χ1v) is 9.56. The van der Waals surface area contributed by atoms with E-state index in [-0.39, 0.29) is 29.0 Å². The van der Waals surface area contributed by atoms with E-state index in [1.54, 1.807) is 0 Å². The fourth-order valence-electron chi connectivity index (χ4n) is 5.16. The molecule has 0 radical (unpaired) electrons. The predicted octanol–water partition coefficient (Wildman–Crippen LogP) is 5.67. The van der Waals surface area contributed by atoms with Crippen molar-refractivity contribution in [1.82, 2.24) is 0 Å². The molecule has 0 spiro atoms. The highest BCUT2D eigenvalue weighted by molar-refractivity contribution is 4.92. The fraction of sp³-hybridized carbons (Fsp3) is 1.00. The molecule has 136 valence electrons. The zero-order valence-corrected chi connectivity index (χ0v) is 15.2. The molecule has 3 atom stereocenters. The predicted molar refractivity (Wildman–Crippen MR) is 91.2 cm³/mol. The van der Waals surface area contributed by atoms with E-state index in [2.05, 4.69) is 20.8 Å². The summed E-state index contributed by atoms with van der Waals surface area (Å²) in [5.41, 5.74) is 0.0641. The van der Waals surface area contributed by atoms with E-state index in [1.165, 1.54) is 38.5 Å². The Morgan fingerprint density at radius 3 is 1.70 bits per heavy atom. The molecule has 2 fully saturated rings.